The number of rotatable bonds is 3. The van der Waals surface area contributed by atoms with Crippen molar-refractivity contribution in [3.8, 4) is 22.4 Å². The molecular formula is C29H33N2Si+. The van der Waals surface area contributed by atoms with E-state index in [9.17, 15) is 0 Å². The maximum atomic E-state index is 4.31. The number of hydrogen-bond donors (Lipinski definition) is 0. The number of fused-ring (bicyclic) bond motifs is 1. The van der Waals surface area contributed by atoms with Crippen molar-refractivity contribution >= 4 is 18.8 Å². The van der Waals surface area contributed by atoms with E-state index in [0.29, 0.717) is 0 Å². The third kappa shape index (κ3) is 4.02. The number of aromatic nitrogens is 2. The van der Waals surface area contributed by atoms with E-state index in [0.717, 1.165) is 11.5 Å². The van der Waals surface area contributed by atoms with Gasteiger partial charge in [-0.3, -0.25) is 4.98 Å². The Hall–Kier alpha value is -2.78. The lowest BCUT2D eigenvalue weighted by atomic mass is 9.90. The molecule has 0 bridgehead atoms. The fourth-order valence-electron chi connectivity index (χ4n) is 5.30. The normalized spacial score (nSPS) is 16.4. The minimum absolute atomic E-state index is 0.730. The zero-order chi connectivity index (χ0) is 22.3. The van der Waals surface area contributed by atoms with E-state index in [2.05, 4.69) is 91.3 Å². The van der Waals surface area contributed by atoms with Gasteiger partial charge in [0.2, 0.25) is 5.69 Å². The van der Waals surface area contributed by atoms with Crippen molar-refractivity contribution in [2.24, 2.45) is 7.05 Å². The molecule has 2 nitrogen and oxygen atoms in total. The fourth-order valence-corrected chi connectivity index (χ4v) is 7.81. The number of hydrogen-bond acceptors (Lipinski definition) is 1. The summed E-state index contributed by atoms with van der Waals surface area (Å²) in [7, 11) is 1.23. The van der Waals surface area contributed by atoms with Gasteiger partial charge in [-0.2, -0.15) is 0 Å². The van der Waals surface area contributed by atoms with E-state index in [1.165, 1.54) is 63.7 Å². The highest BCUT2D eigenvalue weighted by molar-refractivity contribution is 6.77. The van der Waals surface area contributed by atoms with Crippen LogP contribution in [0.3, 0.4) is 0 Å². The first-order chi connectivity index (χ1) is 15.4. The molecule has 0 radical (unpaired) electrons. The second kappa shape index (κ2) is 8.29. The van der Waals surface area contributed by atoms with Gasteiger partial charge in [0.15, 0.2) is 6.20 Å². The van der Waals surface area contributed by atoms with Gasteiger partial charge in [0.1, 0.15) is 7.05 Å². The van der Waals surface area contributed by atoms with Gasteiger partial charge in [0.25, 0.3) is 0 Å². The average molecular weight is 438 g/mol. The Kier molecular flexibility index (Phi) is 5.46. The molecule has 0 amide bonds. The number of nitrogens with zero attached hydrogens (tertiary/aromatic N) is 2. The Morgan fingerprint density at radius 2 is 1.75 bits per heavy atom. The predicted octanol–water partition coefficient (Wildman–Crippen LogP) is 7.29. The molecule has 1 fully saturated rings. The molecule has 2 aromatic heterocycles. The first-order valence-electron chi connectivity index (χ1n) is 11.8. The van der Waals surface area contributed by atoms with Gasteiger partial charge in [0, 0.05) is 32.1 Å². The lowest BCUT2D eigenvalue weighted by Gasteiger charge is -2.33. The molecule has 32 heavy (non-hydrogen) atoms. The summed E-state index contributed by atoms with van der Waals surface area (Å²) in [6.45, 7) is 7.32. The summed E-state index contributed by atoms with van der Waals surface area (Å²) in [5, 5.41) is 2.68. The van der Waals surface area contributed by atoms with E-state index in [4.69, 9.17) is 0 Å². The number of pyridine rings is 2. The van der Waals surface area contributed by atoms with Crippen molar-refractivity contribution in [2.75, 3.05) is 0 Å². The quantitative estimate of drug-likeness (QED) is 0.243. The van der Waals surface area contributed by atoms with Crippen LogP contribution in [0.2, 0.25) is 25.2 Å². The molecule has 1 saturated heterocycles. The third-order valence-electron chi connectivity index (χ3n) is 7.46. The van der Waals surface area contributed by atoms with Crippen molar-refractivity contribution in [2.45, 2.75) is 50.9 Å². The molecule has 0 atom stereocenters. The average Bonchev–Trinajstić information content (AvgIpc) is 2.80. The summed E-state index contributed by atoms with van der Waals surface area (Å²) in [6, 6.07) is 23.3. The van der Waals surface area contributed by atoms with Crippen LogP contribution in [-0.2, 0) is 7.05 Å². The van der Waals surface area contributed by atoms with Crippen LogP contribution in [0.15, 0.2) is 73.2 Å². The van der Waals surface area contributed by atoms with Crippen LogP contribution in [-0.4, -0.2) is 13.1 Å². The summed E-state index contributed by atoms with van der Waals surface area (Å²) in [6.07, 6.45) is 8.72. The number of aryl methyl sites for hydroxylation is 2. The van der Waals surface area contributed by atoms with Crippen LogP contribution < -0.4 is 4.57 Å². The Balaban J connectivity index is 1.58. The maximum absolute atomic E-state index is 4.31. The first-order valence-corrected chi connectivity index (χ1v) is 15.3. The summed E-state index contributed by atoms with van der Waals surface area (Å²) in [5.41, 5.74) is 7.77. The zero-order valence-corrected chi connectivity index (χ0v) is 20.7. The molecular weight excluding hydrogens is 404 g/mol. The lowest BCUT2D eigenvalue weighted by Crippen LogP contribution is -2.31. The standard InChI is InChI=1S/C29H33N2Si/c1-21-7-8-24(26-6-5-14-30-20-26)19-28(21)29-27-10-9-23(18-25(27)11-15-31(29)2)22-12-16-32(3,4)17-13-22/h5-11,14-15,18-20,22H,12-13,16-17H2,1-4H3/q+1. The van der Waals surface area contributed by atoms with Crippen molar-refractivity contribution < 1.29 is 4.57 Å². The third-order valence-corrected chi connectivity index (χ3v) is 10.7. The van der Waals surface area contributed by atoms with Gasteiger partial charge in [-0.15, -0.1) is 0 Å². The zero-order valence-electron chi connectivity index (χ0n) is 19.7. The van der Waals surface area contributed by atoms with Crippen molar-refractivity contribution in [1.82, 2.24) is 4.98 Å². The summed E-state index contributed by atoms with van der Waals surface area (Å²) in [4.78, 5) is 4.31. The van der Waals surface area contributed by atoms with Crippen LogP contribution in [0.5, 0.6) is 0 Å². The molecule has 0 N–H and O–H groups in total. The van der Waals surface area contributed by atoms with Gasteiger partial charge in [-0.05, 0) is 66.0 Å². The minimum atomic E-state index is -0.927. The Bertz CT molecular complexity index is 1270. The van der Waals surface area contributed by atoms with Gasteiger partial charge < -0.3 is 0 Å². The van der Waals surface area contributed by atoms with E-state index < -0.39 is 8.07 Å². The van der Waals surface area contributed by atoms with Crippen molar-refractivity contribution in [3.63, 3.8) is 0 Å². The van der Waals surface area contributed by atoms with Crippen LogP contribution in [0.1, 0.15) is 29.9 Å². The molecule has 5 rings (SSSR count). The Morgan fingerprint density at radius 1 is 0.938 bits per heavy atom. The summed E-state index contributed by atoms with van der Waals surface area (Å²) >= 11 is 0. The monoisotopic (exact) mass is 437 g/mol. The largest absolute Gasteiger partial charge is 0.264 e. The molecule has 162 valence electrons. The van der Waals surface area contributed by atoms with Crippen molar-refractivity contribution in [3.05, 3.63) is 84.3 Å². The summed E-state index contributed by atoms with van der Waals surface area (Å²) < 4.78 is 2.27. The molecule has 2 aromatic carbocycles. The molecule has 4 aromatic rings. The smallest absolute Gasteiger partial charge is 0.220 e. The van der Waals surface area contributed by atoms with E-state index in [-0.39, 0.29) is 0 Å². The van der Waals surface area contributed by atoms with E-state index in [1.807, 2.05) is 18.5 Å². The molecule has 3 heteroatoms. The Morgan fingerprint density at radius 3 is 2.50 bits per heavy atom. The second-order valence-corrected chi connectivity index (χ2v) is 15.7. The van der Waals surface area contributed by atoms with Crippen LogP contribution in [0.4, 0.5) is 0 Å². The molecule has 0 aliphatic carbocycles. The molecule has 1 aliphatic rings. The van der Waals surface area contributed by atoms with E-state index >= 15 is 0 Å². The molecule has 1 aliphatic heterocycles. The van der Waals surface area contributed by atoms with Gasteiger partial charge in [-0.1, -0.05) is 55.5 Å². The van der Waals surface area contributed by atoms with Crippen molar-refractivity contribution in [1.29, 1.82) is 0 Å². The maximum Gasteiger partial charge on any atom is 0.220 e. The first kappa shape index (κ1) is 21.1. The molecule has 0 saturated carbocycles. The Labute approximate surface area is 193 Å². The second-order valence-electron chi connectivity index (χ2n) is 10.3. The van der Waals surface area contributed by atoms with Crippen LogP contribution >= 0.6 is 0 Å². The van der Waals surface area contributed by atoms with Gasteiger partial charge in [-0.25, -0.2) is 4.57 Å². The highest BCUT2D eigenvalue weighted by Gasteiger charge is 2.29. The highest BCUT2D eigenvalue weighted by atomic mass is 28.3. The SMILES string of the molecule is Cc1ccc(-c2cccnc2)cc1-c1c2ccc(C3CC[Si](C)(C)CC3)cc2cc[n+]1C. The predicted molar refractivity (Wildman–Crippen MR) is 138 cm³/mol. The molecule has 3 heterocycles. The van der Waals surface area contributed by atoms with Gasteiger partial charge in [0.05, 0.1) is 10.9 Å². The lowest BCUT2D eigenvalue weighted by molar-refractivity contribution is -0.659. The van der Waals surface area contributed by atoms with Crippen LogP contribution in [0, 0.1) is 6.92 Å². The van der Waals surface area contributed by atoms with Gasteiger partial charge >= 0.3 is 0 Å². The molecule has 0 spiro atoms. The fraction of sp³-hybridized carbons (Fsp3) is 0.310. The van der Waals surface area contributed by atoms with E-state index in [1.54, 1.807) is 0 Å². The number of benzene rings is 2. The summed E-state index contributed by atoms with van der Waals surface area (Å²) in [5.74, 6) is 0.730. The topological polar surface area (TPSA) is 16.8 Å². The highest BCUT2D eigenvalue weighted by Crippen LogP contribution is 2.40. The minimum Gasteiger partial charge on any atom is -0.264 e. The molecule has 0 unspecified atom stereocenters. The van der Waals surface area contributed by atoms with Crippen LogP contribution in [0.25, 0.3) is 33.2 Å².